The Balaban J connectivity index is 1.86. The summed E-state index contributed by atoms with van der Waals surface area (Å²) in [5, 5.41) is 10.6. The minimum absolute atomic E-state index is 0.556. The molecule has 0 aliphatic carbocycles. The Morgan fingerprint density at radius 1 is 1.27 bits per heavy atom. The van der Waals surface area contributed by atoms with Crippen LogP contribution in [0.5, 0.6) is 0 Å². The second-order valence-corrected chi connectivity index (χ2v) is 6.87. The zero-order valence-electron chi connectivity index (χ0n) is 12.3. The summed E-state index contributed by atoms with van der Waals surface area (Å²) >= 11 is 9.66. The number of hydrogen-bond donors (Lipinski definition) is 0. The first-order valence-corrected chi connectivity index (χ1v) is 9.44. The lowest BCUT2D eigenvalue weighted by atomic mass is 10.2. The van der Waals surface area contributed by atoms with Crippen LogP contribution in [0.2, 0.25) is 5.15 Å². The molecule has 0 aliphatic rings. The second-order valence-electron chi connectivity index (χ2n) is 4.69. The normalized spacial score (nSPS) is 11.2. The summed E-state index contributed by atoms with van der Waals surface area (Å²) in [5.74, 6) is 0.727. The van der Waals surface area contributed by atoms with E-state index in [-0.39, 0.29) is 0 Å². The maximum absolute atomic E-state index is 6.34. The summed E-state index contributed by atoms with van der Waals surface area (Å²) < 4.78 is 2.01. The summed E-state index contributed by atoms with van der Waals surface area (Å²) in [6, 6.07) is 8.37. The Labute approximate surface area is 142 Å². The molecule has 114 valence electrons. The third kappa shape index (κ3) is 3.24. The van der Waals surface area contributed by atoms with Crippen LogP contribution in [-0.4, -0.2) is 26.0 Å². The van der Waals surface area contributed by atoms with Gasteiger partial charge in [0.25, 0.3) is 0 Å². The van der Waals surface area contributed by atoms with Gasteiger partial charge in [0, 0.05) is 28.1 Å². The van der Waals surface area contributed by atoms with Gasteiger partial charge in [0.15, 0.2) is 5.16 Å². The van der Waals surface area contributed by atoms with Crippen molar-refractivity contribution in [2.24, 2.45) is 0 Å². The van der Waals surface area contributed by atoms with Gasteiger partial charge in [-0.05, 0) is 31.4 Å². The number of hydrogen-bond acceptors (Lipinski definition) is 5. The molecule has 0 bridgehead atoms. The first-order valence-electron chi connectivity index (χ1n) is 6.85. The molecule has 0 unspecified atom stereocenters. The number of thioether (sulfide) groups is 2. The molecule has 2 heterocycles. The lowest BCUT2D eigenvalue weighted by Gasteiger charge is -2.07. The smallest absolute Gasteiger partial charge is 0.191 e. The van der Waals surface area contributed by atoms with E-state index in [1.165, 1.54) is 4.90 Å². The number of fused-ring (bicyclic) bond motifs is 1. The largest absolute Gasteiger partial charge is 0.309 e. The molecule has 0 saturated carbocycles. The van der Waals surface area contributed by atoms with Gasteiger partial charge in [0.2, 0.25) is 0 Å². The topological polar surface area (TPSA) is 43.6 Å². The molecule has 0 aliphatic heterocycles. The van der Waals surface area contributed by atoms with Gasteiger partial charge in [-0.2, -0.15) is 0 Å². The fourth-order valence-corrected chi connectivity index (χ4v) is 3.79. The van der Waals surface area contributed by atoms with Gasteiger partial charge in [-0.1, -0.05) is 29.4 Å². The van der Waals surface area contributed by atoms with Gasteiger partial charge in [-0.3, -0.25) is 0 Å². The van der Waals surface area contributed by atoms with E-state index in [2.05, 4.69) is 52.6 Å². The lowest BCUT2D eigenvalue weighted by molar-refractivity contribution is 0.681. The van der Waals surface area contributed by atoms with Crippen LogP contribution in [-0.2, 0) is 12.3 Å². The van der Waals surface area contributed by atoms with Gasteiger partial charge < -0.3 is 4.57 Å². The van der Waals surface area contributed by atoms with Crippen molar-refractivity contribution in [1.29, 1.82) is 0 Å². The average molecular weight is 351 g/mol. The van der Waals surface area contributed by atoms with Crippen LogP contribution in [0.25, 0.3) is 10.9 Å². The molecule has 2 aromatic heterocycles. The zero-order valence-corrected chi connectivity index (χ0v) is 14.7. The van der Waals surface area contributed by atoms with E-state index in [0.29, 0.717) is 5.15 Å². The quantitative estimate of drug-likeness (QED) is 0.500. The Bertz CT molecular complexity index is 803. The fourth-order valence-electron chi connectivity index (χ4n) is 2.11. The third-order valence-corrected chi connectivity index (χ3v) is 5.41. The van der Waals surface area contributed by atoms with Crippen molar-refractivity contribution in [2.75, 3.05) is 6.26 Å². The van der Waals surface area contributed by atoms with E-state index in [0.717, 1.165) is 33.9 Å². The highest BCUT2D eigenvalue weighted by atomic mass is 35.5. The first-order chi connectivity index (χ1) is 10.7. The molecule has 3 aromatic rings. The number of nitrogens with zero attached hydrogens (tertiary/aromatic N) is 4. The van der Waals surface area contributed by atoms with Crippen molar-refractivity contribution in [1.82, 2.24) is 19.7 Å². The molecule has 3 rings (SSSR count). The highest BCUT2D eigenvalue weighted by Gasteiger charge is 2.09. The monoisotopic (exact) mass is 350 g/mol. The van der Waals surface area contributed by atoms with E-state index in [1.54, 1.807) is 29.9 Å². The molecule has 22 heavy (non-hydrogen) atoms. The first kappa shape index (κ1) is 15.6. The van der Waals surface area contributed by atoms with Crippen LogP contribution in [0.3, 0.4) is 0 Å². The number of rotatable bonds is 5. The van der Waals surface area contributed by atoms with Crippen LogP contribution < -0.4 is 0 Å². The van der Waals surface area contributed by atoms with Gasteiger partial charge in [-0.25, -0.2) is 4.98 Å². The van der Waals surface area contributed by atoms with Crippen LogP contribution in [0.15, 0.2) is 40.6 Å². The number of aryl methyl sites for hydroxylation is 1. The Hall–Kier alpha value is -1.24. The summed E-state index contributed by atoms with van der Waals surface area (Å²) in [6.07, 6.45) is 3.80. The highest BCUT2D eigenvalue weighted by Crippen LogP contribution is 2.29. The van der Waals surface area contributed by atoms with E-state index in [9.17, 15) is 0 Å². The minimum Gasteiger partial charge on any atom is -0.309 e. The molecule has 0 fully saturated rings. The Kier molecular flexibility index (Phi) is 4.90. The van der Waals surface area contributed by atoms with Gasteiger partial charge in [-0.15, -0.1) is 22.0 Å². The van der Waals surface area contributed by atoms with Gasteiger partial charge in [0.1, 0.15) is 11.5 Å². The predicted molar refractivity (Wildman–Crippen MR) is 93.8 cm³/mol. The van der Waals surface area contributed by atoms with Crippen molar-refractivity contribution < 1.29 is 0 Å². The third-order valence-electron chi connectivity index (χ3n) is 3.33. The average Bonchev–Trinajstić information content (AvgIpc) is 2.99. The Morgan fingerprint density at radius 3 is 2.91 bits per heavy atom. The number of benzene rings is 1. The molecular formula is C15H15ClN4S2. The summed E-state index contributed by atoms with van der Waals surface area (Å²) in [4.78, 5) is 5.71. The highest BCUT2D eigenvalue weighted by molar-refractivity contribution is 7.98. The summed E-state index contributed by atoms with van der Waals surface area (Å²) in [7, 11) is 0. The summed E-state index contributed by atoms with van der Waals surface area (Å²) in [5.41, 5.74) is 1.95. The molecule has 0 amide bonds. The van der Waals surface area contributed by atoms with Crippen molar-refractivity contribution >= 4 is 46.0 Å². The standard InChI is InChI=1S/C15H15ClN4S2/c1-3-20-9-17-19-15(20)22-8-11-6-10-4-5-12(21-2)7-13(10)18-14(11)16/h4-7,9H,3,8H2,1-2H3. The minimum atomic E-state index is 0.556. The molecule has 0 N–H and O–H groups in total. The molecule has 7 heteroatoms. The van der Waals surface area contributed by atoms with Crippen LogP contribution in [0.1, 0.15) is 12.5 Å². The SMILES string of the molecule is CCn1cnnc1SCc1cc2ccc(SC)cc2nc1Cl. The van der Waals surface area contributed by atoms with Crippen molar-refractivity contribution in [2.45, 2.75) is 29.3 Å². The second kappa shape index (κ2) is 6.89. The molecule has 0 saturated heterocycles. The zero-order chi connectivity index (χ0) is 15.5. The van der Waals surface area contributed by atoms with Crippen LogP contribution in [0.4, 0.5) is 0 Å². The molecule has 1 aromatic carbocycles. The van der Waals surface area contributed by atoms with Crippen LogP contribution in [0, 0.1) is 0 Å². The van der Waals surface area contributed by atoms with Crippen molar-refractivity contribution in [3.05, 3.63) is 41.3 Å². The van der Waals surface area contributed by atoms with E-state index in [4.69, 9.17) is 11.6 Å². The summed E-state index contributed by atoms with van der Waals surface area (Å²) in [6.45, 7) is 2.93. The van der Waals surface area contributed by atoms with Crippen LogP contribution >= 0.6 is 35.1 Å². The van der Waals surface area contributed by atoms with Crippen molar-refractivity contribution in [3.8, 4) is 0 Å². The van der Waals surface area contributed by atoms with Gasteiger partial charge in [0.05, 0.1) is 5.52 Å². The number of pyridine rings is 1. The Morgan fingerprint density at radius 2 is 2.14 bits per heavy atom. The van der Waals surface area contributed by atoms with E-state index < -0.39 is 0 Å². The van der Waals surface area contributed by atoms with Crippen molar-refractivity contribution in [3.63, 3.8) is 0 Å². The maximum atomic E-state index is 6.34. The maximum Gasteiger partial charge on any atom is 0.191 e. The predicted octanol–water partition coefficient (Wildman–Crippen LogP) is 4.51. The van der Waals surface area contributed by atoms with E-state index in [1.807, 2.05) is 4.57 Å². The fraction of sp³-hybridized carbons (Fsp3) is 0.267. The molecule has 0 spiro atoms. The van der Waals surface area contributed by atoms with Gasteiger partial charge >= 0.3 is 0 Å². The molecule has 0 radical (unpaired) electrons. The molecular weight excluding hydrogens is 336 g/mol. The number of aromatic nitrogens is 4. The number of halogens is 1. The molecule has 0 atom stereocenters. The lowest BCUT2D eigenvalue weighted by Crippen LogP contribution is -1.95. The molecule has 4 nitrogen and oxygen atoms in total. The van der Waals surface area contributed by atoms with E-state index >= 15 is 0 Å².